The smallest absolute Gasteiger partial charge is 0.0784 e. The van der Waals surface area contributed by atoms with Crippen molar-refractivity contribution in [2.24, 2.45) is 0 Å². The fourth-order valence-electron chi connectivity index (χ4n) is 3.15. The highest BCUT2D eigenvalue weighted by Crippen LogP contribution is 2.20. The molecule has 106 valence electrons. The number of hydrogen-bond acceptors (Lipinski definition) is 2. The molecule has 1 aliphatic rings. The number of unbranched alkanes of at least 4 members (excludes halogenated alkanes) is 1. The molecule has 0 aliphatic carbocycles. The fourth-order valence-corrected chi connectivity index (χ4v) is 3.15. The number of piperidine rings is 1. The van der Waals surface area contributed by atoms with E-state index in [-0.39, 0.29) is 0 Å². The van der Waals surface area contributed by atoms with E-state index in [4.69, 9.17) is 11.5 Å². The lowest BCUT2D eigenvalue weighted by molar-refractivity contribution is -0.914. The average Bonchev–Trinajstić information content (AvgIpc) is 2.37. The van der Waals surface area contributed by atoms with E-state index in [0.717, 1.165) is 17.8 Å². The van der Waals surface area contributed by atoms with E-state index >= 15 is 0 Å². The summed E-state index contributed by atoms with van der Waals surface area (Å²) in [4.78, 5) is 0. The van der Waals surface area contributed by atoms with Gasteiger partial charge in [0.1, 0.15) is 0 Å². The first kappa shape index (κ1) is 14.2. The monoisotopic (exact) mass is 262 g/mol. The number of rotatable bonds is 5. The number of anilines is 2. The molecule has 0 bridgehead atoms. The topological polar surface area (TPSA) is 52.0 Å². The van der Waals surface area contributed by atoms with Crippen LogP contribution in [0.15, 0.2) is 18.2 Å². The largest absolute Gasteiger partial charge is 0.399 e. The van der Waals surface area contributed by atoms with E-state index in [2.05, 4.69) is 13.1 Å². The molecule has 1 aromatic rings. The summed E-state index contributed by atoms with van der Waals surface area (Å²) < 4.78 is 1.28. The van der Waals surface area contributed by atoms with Crippen LogP contribution in [0.1, 0.15) is 37.7 Å². The molecule has 1 fully saturated rings. The molecular weight excluding hydrogens is 234 g/mol. The van der Waals surface area contributed by atoms with Gasteiger partial charge in [0.25, 0.3) is 0 Å². The maximum atomic E-state index is 5.99. The third kappa shape index (κ3) is 4.13. The Hall–Kier alpha value is -1.22. The van der Waals surface area contributed by atoms with Crippen LogP contribution in [0.5, 0.6) is 0 Å². The number of hydrogen-bond donors (Lipinski definition) is 2. The van der Waals surface area contributed by atoms with E-state index in [1.54, 1.807) is 0 Å². The molecule has 19 heavy (non-hydrogen) atoms. The second kappa shape index (κ2) is 6.29. The summed E-state index contributed by atoms with van der Waals surface area (Å²) >= 11 is 0. The summed E-state index contributed by atoms with van der Waals surface area (Å²) in [6.07, 6.45) is 7.83. The Balaban J connectivity index is 1.74. The average molecular weight is 262 g/mol. The maximum Gasteiger partial charge on any atom is 0.0784 e. The Labute approximate surface area is 117 Å². The van der Waals surface area contributed by atoms with E-state index < -0.39 is 0 Å². The van der Waals surface area contributed by atoms with Crippen molar-refractivity contribution in [3.8, 4) is 0 Å². The van der Waals surface area contributed by atoms with Crippen LogP contribution < -0.4 is 11.5 Å². The highest BCUT2D eigenvalue weighted by atomic mass is 15.3. The third-order valence-corrected chi connectivity index (χ3v) is 4.46. The molecule has 1 saturated heterocycles. The van der Waals surface area contributed by atoms with Gasteiger partial charge in [-0.25, -0.2) is 0 Å². The molecule has 2 rings (SSSR count). The van der Waals surface area contributed by atoms with Crippen LogP contribution in [-0.4, -0.2) is 31.2 Å². The summed E-state index contributed by atoms with van der Waals surface area (Å²) in [5, 5.41) is 0. The molecule has 3 nitrogen and oxygen atoms in total. The zero-order chi connectivity index (χ0) is 13.7. The lowest BCUT2D eigenvalue weighted by Gasteiger charge is -2.37. The summed E-state index contributed by atoms with van der Waals surface area (Å²) in [5.74, 6) is 0. The number of benzene rings is 1. The molecule has 0 atom stereocenters. The number of nitrogens with zero attached hydrogens (tertiary/aromatic N) is 1. The van der Waals surface area contributed by atoms with Gasteiger partial charge in [-0.3, -0.25) is 0 Å². The van der Waals surface area contributed by atoms with Crippen LogP contribution in [0.25, 0.3) is 0 Å². The van der Waals surface area contributed by atoms with E-state index in [1.807, 2.05) is 12.1 Å². The predicted molar refractivity (Wildman–Crippen MR) is 82.8 cm³/mol. The van der Waals surface area contributed by atoms with Gasteiger partial charge in [0.05, 0.1) is 26.7 Å². The van der Waals surface area contributed by atoms with Crippen molar-refractivity contribution >= 4 is 11.4 Å². The summed E-state index contributed by atoms with van der Waals surface area (Å²) in [6.45, 7) is 4.04. The molecular formula is C16H28N3+. The van der Waals surface area contributed by atoms with Gasteiger partial charge in [0.2, 0.25) is 0 Å². The lowest BCUT2D eigenvalue weighted by Crippen LogP contribution is -2.48. The Morgan fingerprint density at radius 2 is 1.79 bits per heavy atom. The van der Waals surface area contributed by atoms with Gasteiger partial charge < -0.3 is 16.0 Å². The van der Waals surface area contributed by atoms with Crippen LogP contribution >= 0.6 is 0 Å². The van der Waals surface area contributed by atoms with Gasteiger partial charge in [0.15, 0.2) is 0 Å². The Morgan fingerprint density at radius 1 is 1.05 bits per heavy atom. The van der Waals surface area contributed by atoms with Crippen LogP contribution in [-0.2, 0) is 6.42 Å². The quantitative estimate of drug-likeness (QED) is 0.487. The van der Waals surface area contributed by atoms with Gasteiger partial charge in [-0.2, -0.15) is 0 Å². The highest BCUT2D eigenvalue weighted by molar-refractivity contribution is 5.56. The summed E-state index contributed by atoms with van der Waals surface area (Å²) in [5.41, 5.74) is 14.6. The molecule has 1 aromatic carbocycles. The minimum absolute atomic E-state index is 0.757. The van der Waals surface area contributed by atoms with Crippen molar-refractivity contribution in [1.82, 2.24) is 0 Å². The highest BCUT2D eigenvalue weighted by Gasteiger charge is 2.23. The van der Waals surface area contributed by atoms with E-state index in [1.165, 1.54) is 61.8 Å². The van der Waals surface area contributed by atoms with Crippen molar-refractivity contribution in [3.05, 3.63) is 23.8 Å². The second-order valence-corrected chi connectivity index (χ2v) is 6.27. The molecule has 3 heteroatoms. The SMILES string of the molecule is C[N+]1(CCCCc2ccc(N)cc2N)CCCCC1. The normalized spacial score (nSPS) is 18.4. The first-order valence-electron chi connectivity index (χ1n) is 7.56. The summed E-state index contributed by atoms with van der Waals surface area (Å²) in [6, 6.07) is 5.89. The van der Waals surface area contributed by atoms with Gasteiger partial charge in [-0.05, 0) is 56.2 Å². The Morgan fingerprint density at radius 3 is 2.47 bits per heavy atom. The predicted octanol–water partition coefficient (Wildman–Crippen LogP) is 2.80. The van der Waals surface area contributed by atoms with Gasteiger partial charge in [0, 0.05) is 11.4 Å². The molecule has 0 radical (unpaired) electrons. The second-order valence-electron chi connectivity index (χ2n) is 6.27. The van der Waals surface area contributed by atoms with Gasteiger partial charge in [-0.15, -0.1) is 0 Å². The fraction of sp³-hybridized carbons (Fsp3) is 0.625. The molecule has 0 saturated carbocycles. The van der Waals surface area contributed by atoms with E-state index in [0.29, 0.717) is 0 Å². The molecule has 0 spiro atoms. The molecule has 4 N–H and O–H groups in total. The maximum absolute atomic E-state index is 5.99. The standard InChI is InChI=1S/C16H28N3/c1-19(10-4-2-5-11-19)12-6-3-7-14-8-9-15(17)13-16(14)18/h8-9,13H,2-7,10-12,17-18H2,1H3/q+1. The minimum Gasteiger partial charge on any atom is -0.399 e. The number of nitrogen functional groups attached to an aromatic ring is 2. The van der Waals surface area contributed by atoms with Crippen molar-refractivity contribution < 1.29 is 4.48 Å². The third-order valence-electron chi connectivity index (χ3n) is 4.46. The lowest BCUT2D eigenvalue weighted by atomic mass is 10.0. The molecule has 1 aliphatic heterocycles. The molecule has 1 heterocycles. The number of likely N-dealkylation sites (tertiary alicyclic amines) is 1. The number of quaternary nitrogens is 1. The van der Waals surface area contributed by atoms with Crippen molar-refractivity contribution in [3.63, 3.8) is 0 Å². The van der Waals surface area contributed by atoms with E-state index in [9.17, 15) is 0 Å². The first-order valence-corrected chi connectivity index (χ1v) is 7.56. The van der Waals surface area contributed by atoms with Crippen LogP contribution in [0.3, 0.4) is 0 Å². The number of aryl methyl sites for hydroxylation is 1. The van der Waals surface area contributed by atoms with Crippen LogP contribution in [0, 0.1) is 0 Å². The van der Waals surface area contributed by atoms with Crippen LogP contribution in [0.2, 0.25) is 0 Å². The van der Waals surface area contributed by atoms with Gasteiger partial charge in [-0.1, -0.05) is 6.07 Å². The molecule has 0 amide bonds. The van der Waals surface area contributed by atoms with Crippen molar-refractivity contribution in [2.45, 2.75) is 38.5 Å². The summed E-state index contributed by atoms with van der Waals surface area (Å²) in [7, 11) is 2.41. The number of nitrogens with two attached hydrogens (primary N) is 2. The van der Waals surface area contributed by atoms with Gasteiger partial charge >= 0.3 is 0 Å². The minimum atomic E-state index is 0.757. The van der Waals surface area contributed by atoms with Crippen LogP contribution in [0.4, 0.5) is 11.4 Å². The Kier molecular flexibility index (Phi) is 4.70. The zero-order valence-electron chi connectivity index (χ0n) is 12.2. The first-order chi connectivity index (χ1) is 9.09. The Bertz CT molecular complexity index is 408. The van der Waals surface area contributed by atoms with Crippen molar-refractivity contribution in [1.29, 1.82) is 0 Å². The molecule has 0 unspecified atom stereocenters. The molecule has 0 aromatic heterocycles. The zero-order valence-corrected chi connectivity index (χ0v) is 12.2. The van der Waals surface area contributed by atoms with Crippen molar-refractivity contribution in [2.75, 3.05) is 38.1 Å².